The van der Waals surface area contributed by atoms with E-state index < -0.39 is 35.3 Å². The van der Waals surface area contributed by atoms with E-state index in [-0.39, 0.29) is 33.0 Å². The monoisotopic (exact) mass is 594 g/mol. The summed E-state index contributed by atoms with van der Waals surface area (Å²) in [6.07, 6.45) is -3.19. The number of halogens is 5. The number of thioether (sulfide) groups is 1. The van der Waals surface area contributed by atoms with Crippen LogP contribution >= 0.6 is 35.0 Å². The van der Waals surface area contributed by atoms with Crippen LogP contribution in [-0.2, 0) is 22.4 Å². The zero-order valence-corrected chi connectivity index (χ0v) is 22.5. The zero-order chi connectivity index (χ0) is 28.3. The van der Waals surface area contributed by atoms with Gasteiger partial charge in [0.15, 0.2) is 5.75 Å². The molecule has 1 heterocycles. The molecule has 0 aliphatic carbocycles. The lowest BCUT2D eigenvalue weighted by Crippen LogP contribution is -2.36. The molecule has 0 aromatic heterocycles. The van der Waals surface area contributed by atoms with Crippen LogP contribution in [0.5, 0.6) is 5.75 Å². The molecule has 0 radical (unpaired) electrons. The SMILES string of the molecule is Cc1cccc(COc2c(Cl)cc(/C=C3\SC(=O)N(CC(=O)Nc4cccc(C(F)(F)F)c4)C3=O)cc2Cl)c1. The Morgan fingerprint density at radius 3 is 2.41 bits per heavy atom. The minimum absolute atomic E-state index is 0.0208. The average Bonchev–Trinajstić information content (AvgIpc) is 3.10. The topological polar surface area (TPSA) is 75.7 Å². The van der Waals surface area contributed by atoms with Gasteiger partial charge in [0, 0.05) is 5.69 Å². The molecule has 1 N–H and O–H groups in total. The first-order valence-electron chi connectivity index (χ1n) is 11.3. The largest absolute Gasteiger partial charge is 0.486 e. The van der Waals surface area contributed by atoms with E-state index in [2.05, 4.69) is 5.32 Å². The normalized spacial score (nSPS) is 14.7. The van der Waals surface area contributed by atoms with E-state index in [1.807, 2.05) is 31.2 Å². The van der Waals surface area contributed by atoms with Crippen molar-refractivity contribution in [3.05, 3.63) is 97.9 Å². The second-order valence-electron chi connectivity index (χ2n) is 8.49. The molecule has 0 saturated carbocycles. The summed E-state index contributed by atoms with van der Waals surface area (Å²) in [7, 11) is 0. The molecule has 1 aliphatic heterocycles. The van der Waals surface area contributed by atoms with E-state index in [1.54, 1.807) is 0 Å². The second-order valence-corrected chi connectivity index (χ2v) is 10.3. The summed E-state index contributed by atoms with van der Waals surface area (Å²) in [5.41, 5.74) is 1.36. The van der Waals surface area contributed by atoms with Gasteiger partial charge in [-0.15, -0.1) is 0 Å². The maximum Gasteiger partial charge on any atom is 0.416 e. The predicted octanol–water partition coefficient (Wildman–Crippen LogP) is 7.57. The summed E-state index contributed by atoms with van der Waals surface area (Å²) in [5, 5.41) is 1.96. The van der Waals surface area contributed by atoms with Crippen LogP contribution in [0.3, 0.4) is 0 Å². The first-order valence-corrected chi connectivity index (χ1v) is 12.9. The van der Waals surface area contributed by atoms with Crippen LogP contribution in [0.2, 0.25) is 10.0 Å². The third-order valence-corrected chi connectivity index (χ3v) is 6.90. The highest BCUT2D eigenvalue weighted by atomic mass is 35.5. The van der Waals surface area contributed by atoms with Gasteiger partial charge >= 0.3 is 6.18 Å². The number of aryl methyl sites for hydroxylation is 1. The Bertz CT molecular complexity index is 1470. The molecule has 4 rings (SSSR count). The molecule has 0 spiro atoms. The number of rotatable bonds is 7. The molecule has 0 unspecified atom stereocenters. The zero-order valence-electron chi connectivity index (χ0n) is 20.1. The summed E-state index contributed by atoms with van der Waals surface area (Å²) >= 11 is 13.3. The highest BCUT2D eigenvalue weighted by Gasteiger charge is 2.36. The molecule has 0 bridgehead atoms. The average molecular weight is 595 g/mol. The van der Waals surface area contributed by atoms with Gasteiger partial charge in [-0.3, -0.25) is 19.3 Å². The van der Waals surface area contributed by atoms with Crippen molar-refractivity contribution in [1.82, 2.24) is 4.90 Å². The Balaban J connectivity index is 1.43. The molecule has 6 nitrogen and oxygen atoms in total. The van der Waals surface area contributed by atoms with Crippen molar-refractivity contribution in [3.63, 3.8) is 0 Å². The van der Waals surface area contributed by atoms with Crippen molar-refractivity contribution in [2.45, 2.75) is 19.7 Å². The lowest BCUT2D eigenvalue weighted by atomic mass is 10.1. The molecule has 3 amide bonds. The maximum atomic E-state index is 12.9. The number of carbonyl (C=O) groups is 3. The lowest BCUT2D eigenvalue weighted by Gasteiger charge is -2.13. The second kappa shape index (κ2) is 11.7. The van der Waals surface area contributed by atoms with E-state index >= 15 is 0 Å². The van der Waals surface area contributed by atoms with Gasteiger partial charge < -0.3 is 10.1 Å². The van der Waals surface area contributed by atoms with Gasteiger partial charge in [0.1, 0.15) is 13.2 Å². The molecule has 1 aliphatic rings. The smallest absolute Gasteiger partial charge is 0.416 e. The minimum Gasteiger partial charge on any atom is -0.486 e. The Morgan fingerprint density at radius 1 is 1.05 bits per heavy atom. The minimum atomic E-state index is -4.59. The van der Waals surface area contributed by atoms with Crippen LogP contribution in [-0.4, -0.2) is 28.5 Å². The Hall–Kier alpha value is -3.47. The van der Waals surface area contributed by atoms with Gasteiger partial charge in [-0.1, -0.05) is 59.1 Å². The van der Waals surface area contributed by atoms with Gasteiger partial charge in [0.25, 0.3) is 11.1 Å². The van der Waals surface area contributed by atoms with E-state index in [0.29, 0.717) is 22.2 Å². The van der Waals surface area contributed by atoms with Crippen molar-refractivity contribution in [1.29, 1.82) is 0 Å². The molecule has 202 valence electrons. The number of amides is 3. The first-order chi connectivity index (χ1) is 18.4. The molecular formula is C27H19Cl2F3N2O4S. The van der Waals surface area contributed by atoms with E-state index in [1.165, 1.54) is 24.3 Å². The van der Waals surface area contributed by atoms with Crippen molar-refractivity contribution < 1.29 is 32.3 Å². The van der Waals surface area contributed by atoms with Gasteiger partial charge in [-0.2, -0.15) is 13.2 Å². The van der Waals surface area contributed by atoms with Gasteiger partial charge in [0.05, 0.1) is 20.5 Å². The molecule has 3 aromatic rings. The number of anilines is 1. The third kappa shape index (κ3) is 7.14. The van der Waals surface area contributed by atoms with Crippen LogP contribution in [0.1, 0.15) is 22.3 Å². The van der Waals surface area contributed by atoms with Crippen LogP contribution in [0, 0.1) is 6.92 Å². The number of alkyl halides is 3. The van der Waals surface area contributed by atoms with Gasteiger partial charge in [0.2, 0.25) is 5.91 Å². The van der Waals surface area contributed by atoms with Crippen LogP contribution in [0.4, 0.5) is 23.7 Å². The quantitative estimate of drug-likeness (QED) is 0.285. The highest BCUT2D eigenvalue weighted by molar-refractivity contribution is 8.18. The highest BCUT2D eigenvalue weighted by Crippen LogP contribution is 2.38. The van der Waals surface area contributed by atoms with Crippen LogP contribution in [0.15, 0.2) is 65.6 Å². The summed E-state index contributed by atoms with van der Waals surface area (Å²) in [5.74, 6) is -1.31. The van der Waals surface area contributed by atoms with E-state index in [9.17, 15) is 27.6 Å². The van der Waals surface area contributed by atoms with Crippen molar-refractivity contribution in [2.24, 2.45) is 0 Å². The fourth-order valence-corrected chi connectivity index (χ4v) is 5.11. The van der Waals surface area contributed by atoms with Gasteiger partial charge in [-0.25, -0.2) is 0 Å². The summed E-state index contributed by atoms with van der Waals surface area (Å²) in [6, 6.07) is 14.8. The molecule has 0 atom stereocenters. The Morgan fingerprint density at radius 2 is 1.74 bits per heavy atom. The number of hydrogen-bond donors (Lipinski definition) is 1. The number of hydrogen-bond acceptors (Lipinski definition) is 5. The molecule has 39 heavy (non-hydrogen) atoms. The fourth-order valence-electron chi connectivity index (χ4n) is 3.66. The number of nitrogens with zero attached hydrogens (tertiary/aromatic N) is 1. The number of imide groups is 1. The van der Waals surface area contributed by atoms with Crippen molar-refractivity contribution >= 4 is 63.8 Å². The number of ether oxygens (including phenoxy) is 1. The maximum absolute atomic E-state index is 12.9. The third-order valence-electron chi connectivity index (χ3n) is 5.43. The summed E-state index contributed by atoms with van der Waals surface area (Å²) < 4.78 is 44.5. The van der Waals surface area contributed by atoms with Crippen molar-refractivity contribution in [3.8, 4) is 5.75 Å². The lowest BCUT2D eigenvalue weighted by molar-refractivity contribution is -0.137. The number of carbonyl (C=O) groups excluding carboxylic acids is 3. The summed E-state index contributed by atoms with van der Waals surface area (Å²) in [4.78, 5) is 38.3. The van der Waals surface area contributed by atoms with E-state index in [4.69, 9.17) is 27.9 Å². The molecule has 1 fully saturated rings. The van der Waals surface area contributed by atoms with Crippen LogP contribution in [0.25, 0.3) is 6.08 Å². The molecule has 3 aromatic carbocycles. The number of benzene rings is 3. The predicted molar refractivity (Wildman–Crippen MR) is 145 cm³/mol. The Labute approximate surface area is 235 Å². The van der Waals surface area contributed by atoms with Crippen LogP contribution < -0.4 is 10.1 Å². The molecular weight excluding hydrogens is 576 g/mol. The fraction of sp³-hybridized carbons (Fsp3) is 0.148. The first kappa shape index (κ1) is 28.5. The molecule has 1 saturated heterocycles. The molecule has 12 heteroatoms. The van der Waals surface area contributed by atoms with Crippen molar-refractivity contribution in [2.75, 3.05) is 11.9 Å². The van der Waals surface area contributed by atoms with Gasteiger partial charge in [-0.05, 0) is 66.2 Å². The number of nitrogens with one attached hydrogen (secondary N) is 1. The standard InChI is InChI=1S/C27H19Cl2F3N2O4S/c1-15-4-2-5-16(8-15)14-38-24-20(28)9-17(10-21(24)29)11-22-25(36)34(26(37)39-22)13-23(35)33-19-7-3-6-18(12-19)27(30,31)32/h2-12H,13-14H2,1H3,(H,33,35)/b22-11-. The Kier molecular flexibility index (Phi) is 8.58. The summed E-state index contributed by atoms with van der Waals surface area (Å²) in [6.45, 7) is 1.52. The van der Waals surface area contributed by atoms with E-state index in [0.717, 1.165) is 29.3 Å².